The third-order valence-electron chi connectivity index (χ3n) is 3.67. The average molecular weight is 298 g/mol. The Morgan fingerprint density at radius 2 is 2.20 bits per heavy atom. The summed E-state index contributed by atoms with van der Waals surface area (Å²) in [5, 5.41) is 6.33. The maximum Gasteiger partial charge on any atom is 0.253 e. The van der Waals surface area contributed by atoms with Crippen molar-refractivity contribution < 1.29 is 9.53 Å². The van der Waals surface area contributed by atoms with Crippen molar-refractivity contribution in [3.63, 3.8) is 0 Å². The van der Waals surface area contributed by atoms with Gasteiger partial charge in [-0.15, -0.1) is 0 Å². The van der Waals surface area contributed by atoms with E-state index < -0.39 is 0 Å². The van der Waals surface area contributed by atoms with Gasteiger partial charge in [0.15, 0.2) is 0 Å². The lowest BCUT2D eigenvalue weighted by atomic mass is 9.93. The molecule has 1 aromatic rings. The highest BCUT2D eigenvalue weighted by Gasteiger charge is 2.22. The van der Waals surface area contributed by atoms with Gasteiger partial charge in [0.1, 0.15) is 5.82 Å². The predicted molar refractivity (Wildman–Crippen MR) is 79.3 cm³/mol. The number of hydrogen-bond acceptors (Lipinski definition) is 4. The number of nitrogens with zero attached hydrogens (tertiary/aromatic N) is 1. The summed E-state index contributed by atoms with van der Waals surface area (Å²) >= 11 is 6.04. The molecule has 1 unspecified atom stereocenters. The maximum absolute atomic E-state index is 12.2. The van der Waals surface area contributed by atoms with Crippen molar-refractivity contribution in [1.29, 1.82) is 0 Å². The largest absolute Gasteiger partial charge is 0.381 e. The number of hydrogen-bond donors (Lipinski definition) is 2. The second kappa shape index (κ2) is 6.90. The number of carbonyl (C=O) groups excluding carboxylic acids is 1. The molecule has 0 bridgehead atoms. The molecule has 1 amide bonds. The normalized spacial score (nSPS) is 17.6. The summed E-state index contributed by atoms with van der Waals surface area (Å²) in [4.78, 5) is 16.3. The zero-order valence-corrected chi connectivity index (χ0v) is 12.5. The summed E-state index contributed by atoms with van der Waals surface area (Å²) < 4.78 is 5.33. The van der Waals surface area contributed by atoms with E-state index in [0.717, 1.165) is 26.1 Å². The van der Waals surface area contributed by atoms with Crippen LogP contribution in [0, 0.1) is 5.92 Å². The molecular formula is C14H20ClN3O2. The van der Waals surface area contributed by atoms with Gasteiger partial charge in [-0.1, -0.05) is 11.6 Å². The molecule has 1 aliphatic rings. The van der Waals surface area contributed by atoms with Gasteiger partial charge in [0.05, 0.1) is 10.6 Å². The summed E-state index contributed by atoms with van der Waals surface area (Å²) in [6.07, 6.45) is 3.50. The van der Waals surface area contributed by atoms with E-state index in [1.54, 1.807) is 13.1 Å². The van der Waals surface area contributed by atoms with Crippen LogP contribution in [0.3, 0.4) is 0 Å². The zero-order valence-electron chi connectivity index (χ0n) is 11.8. The lowest BCUT2D eigenvalue weighted by Crippen LogP contribution is -2.40. The van der Waals surface area contributed by atoms with Crippen LogP contribution in [0.1, 0.15) is 30.1 Å². The molecule has 2 N–H and O–H groups in total. The molecule has 2 rings (SSSR count). The monoisotopic (exact) mass is 297 g/mol. The van der Waals surface area contributed by atoms with Crippen molar-refractivity contribution in [2.75, 3.05) is 25.6 Å². The third-order valence-corrected chi connectivity index (χ3v) is 3.96. The highest BCUT2D eigenvalue weighted by Crippen LogP contribution is 2.21. The lowest BCUT2D eigenvalue weighted by Gasteiger charge is -2.28. The lowest BCUT2D eigenvalue weighted by molar-refractivity contribution is 0.0538. The topological polar surface area (TPSA) is 63.2 Å². The van der Waals surface area contributed by atoms with Crippen LogP contribution in [0.4, 0.5) is 5.82 Å². The summed E-state index contributed by atoms with van der Waals surface area (Å²) in [5.74, 6) is 0.898. The summed E-state index contributed by atoms with van der Waals surface area (Å²) in [6.45, 7) is 3.58. The highest BCUT2D eigenvalue weighted by molar-refractivity contribution is 6.33. The number of nitrogens with one attached hydrogen (secondary N) is 2. The van der Waals surface area contributed by atoms with Crippen LogP contribution < -0.4 is 10.6 Å². The quantitative estimate of drug-likeness (QED) is 0.895. The molecule has 5 nitrogen and oxygen atoms in total. The van der Waals surface area contributed by atoms with Crippen molar-refractivity contribution in [2.45, 2.75) is 25.8 Å². The first-order valence-corrected chi connectivity index (χ1v) is 7.21. The van der Waals surface area contributed by atoms with Crippen LogP contribution in [0.2, 0.25) is 5.02 Å². The zero-order chi connectivity index (χ0) is 14.5. The number of pyridine rings is 1. The molecule has 0 aromatic carbocycles. The third kappa shape index (κ3) is 3.61. The van der Waals surface area contributed by atoms with Crippen LogP contribution in [0.25, 0.3) is 0 Å². The van der Waals surface area contributed by atoms with Crippen LogP contribution in [-0.2, 0) is 4.74 Å². The number of ether oxygens (including phenoxy) is 1. The second-order valence-electron chi connectivity index (χ2n) is 5.02. The van der Waals surface area contributed by atoms with E-state index in [1.165, 1.54) is 6.20 Å². The number of anilines is 1. The minimum atomic E-state index is -0.138. The van der Waals surface area contributed by atoms with Crippen LogP contribution >= 0.6 is 11.6 Å². The molecule has 1 aliphatic heterocycles. The number of rotatable bonds is 4. The van der Waals surface area contributed by atoms with E-state index in [-0.39, 0.29) is 11.9 Å². The van der Waals surface area contributed by atoms with E-state index in [2.05, 4.69) is 15.6 Å². The molecule has 1 saturated heterocycles. The van der Waals surface area contributed by atoms with E-state index in [0.29, 0.717) is 22.3 Å². The average Bonchev–Trinajstić information content (AvgIpc) is 2.48. The van der Waals surface area contributed by atoms with E-state index in [1.807, 2.05) is 6.92 Å². The number of carbonyl (C=O) groups is 1. The van der Waals surface area contributed by atoms with Crippen molar-refractivity contribution in [1.82, 2.24) is 10.3 Å². The molecule has 20 heavy (non-hydrogen) atoms. The van der Waals surface area contributed by atoms with Gasteiger partial charge in [-0.2, -0.15) is 0 Å². The van der Waals surface area contributed by atoms with Gasteiger partial charge < -0.3 is 15.4 Å². The Morgan fingerprint density at radius 1 is 1.50 bits per heavy atom. The van der Waals surface area contributed by atoms with Crippen molar-refractivity contribution in [2.24, 2.45) is 5.92 Å². The fourth-order valence-corrected chi connectivity index (χ4v) is 2.63. The van der Waals surface area contributed by atoms with Gasteiger partial charge in [0.25, 0.3) is 5.91 Å². The Morgan fingerprint density at radius 3 is 2.80 bits per heavy atom. The number of amides is 1. The first kappa shape index (κ1) is 15.1. The fourth-order valence-electron chi connectivity index (χ4n) is 2.37. The molecule has 6 heteroatoms. The standard InChI is InChI=1S/C14H20ClN3O2/c1-9(10-3-5-20-6-4-10)18-14(19)11-7-12(15)13(16-2)17-8-11/h7-10H,3-6H2,1-2H3,(H,16,17)(H,18,19). The molecule has 1 fully saturated rings. The Labute approximate surface area is 124 Å². The molecule has 1 atom stereocenters. The second-order valence-corrected chi connectivity index (χ2v) is 5.42. The minimum Gasteiger partial charge on any atom is -0.381 e. The van der Waals surface area contributed by atoms with Crippen molar-refractivity contribution in [3.8, 4) is 0 Å². The smallest absolute Gasteiger partial charge is 0.253 e. The Hall–Kier alpha value is -1.33. The molecular weight excluding hydrogens is 278 g/mol. The number of halogens is 1. The Bertz CT molecular complexity index is 475. The van der Waals surface area contributed by atoms with E-state index in [9.17, 15) is 4.79 Å². The first-order valence-electron chi connectivity index (χ1n) is 6.83. The predicted octanol–water partition coefficient (Wildman–Crippen LogP) is 2.32. The van der Waals surface area contributed by atoms with Crippen molar-refractivity contribution >= 4 is 23.3 Å². The first-order chi connectivity index (χ1) is 9.61. The van der Waals surface area contributed by atoms with E-state index in [4.69, 9.17) is 16.3 Å². The Kier molecular flexibility index (Phi) is 5.20. The summed E-state index contributed by atoms with van der Waals surface area (Å²) in [6, 6.07) is 1.75. The van der Waals surface area contributed by atoms with Gasteiger partial charge in [-0.25, -0.2) is 4.98 Å². The minimum absolute atomic E-state index is 0.120. The maximum atomic E-state index is 12.2. The molecule has 1 aromatic heterocycles. The molecule has 2 heterocycles. The molecule has 0 spiro atoms. The summed E-state index contributed by atoms with van der Waals surface area (Å²) in [7, 11) is 1.74. The molecule has 0 radical (unpaired) electrons. The van der Waals surface area contributed by atoms with Gasteiger partial charge in [-0.3, -0.25) is 4.79 Å². The molecule has 0 aliphatic carbocycles. The van der Waals surface area contributed by atoms with Crippen molar-refractivity contribution in [3.05, 3.63) is 22.8 Å². The molecule has 110 valence electrons. The van der Waals surface area contributed by atoms with Crippen LogP contribution in [0.5, 0.6) is 0 Å². The van der Waals surface area contributed by atoms with Gasteiger partial charge in [0, 0.05) is 32.5 Å². The Balaban J connectivity index is 1.98. The van der Waals surface area contributed by atoms with Gasteiger partial charge in [-0.05, 0) is 31.7 Å². The van der Waals surface area contributed by atoms with E-state index >= 15 is 0 Å². The summed E-state index contributed by atoms with van der Waals surface area (Å²) in [5.41, 5.74) is 0.480. The van der Waals surface area contributed by atoms with Gasteiger partial charge in [0.2, 0.25) is 0 Å². The number of aromatic nitrogens is 1. The van der Waals surface area contributed by atoms with Crippen LogP contribution in [0.15, 0.2) is 12.3 Å². The molecule has 0 saturated carbocycles. The highest BCUT2D eigenvalue weighted by atomic mass is 35.5. The van der Waals surface area contributed by atoms with Crippen LogP contribution in [-0.4, -0.2) is 37.2 Å². The SMILES string of the molecule is CNc1ncc(C(=O)NC(C)C2CCOCC2)cc1Cl. The van der Waals surface area contributed by atoms with Gasteiger partial charge >= 0.3 is 0 Å². The fraction of sp³-hybridized carbons (Fsp3) is 0.571.